The van der Waals surface area contributed by atoms with Gasteiger partial charge in [-0.05, 0) is 66.7 Å². The summed E-state index contributed by atoms with van der Waals surface area (Å²) in [5.74, 6) is -0.278. The third-order valence-electron chi connectivity index (χ3n) is 4.33. The Kier molecular flexibility index (Phi) is 64.9. The van der Waals surface area contributed by atoms with Crippen LogP contribution in [0.25, 0.3) is 0 Å². The van der Waals surface area contributed by atoms with E-state index in [0.29, 0.717) is 45.5 Å². The molecule has 0 aromatic carbocycles. The molecule has 0 aromatic rings. The summed E-state index contributed by atoms with van der Waals surface area (Å²) in [5.41, 5.74) is 5.72. The molecular weight excluding hydrogens is 628 g/mol. The molecule has 10 nitrogen and oxygen atoms in total. The van der Waals surface area contributed by atoms with Gasteiger partial charge in [-0.2, -0.15) is 0 Å². The molecule has 47 heavy (non-hydrogen) atoms. The van der Waals surface area contributed by atoms with Crippen molar-refractivity contribution < 1.29 is 49.3 Å². The first kappa shape index (κ1) is 57.2. The zero-order valence-electron chi connectivity index (χ0n) is 30.2. The maximum absolute atomic E-state index is 9.25. The van der Waals surface area contributed by atoms with Crippen LogP contribution in [-0.4, -0.2) is 117 Å². The van der Waals surface area contributed by atoms with Gasteiger partial charge in [0.1, 0.15) is 0 Å². The highest BCUT2D eigenvalue weighted by Gasteiger charge is 1.92. The number of allylic oxidation sites excluding steroid dienone is 1. The van der Waals surface area contributed by atoms with E-state index in [2.05, 4.69) is 39.5 Å². The predicted octanol–water partition coefficient (Wildman–Crippen LogP) is 6.29. The van der Waals surface area contributed by atoms with E-state index in [1.165, 1.54) is 0 Å². The number of halogens is 1. The molecule has 0 spiro atoms. The van der Waals surface area contributed by atoms with Crippen molar-refractivity contribution in [3.05, 3.63) is 73.4 Å². The Morgan fingerprint density at radius 1 is 0.511 bits per heavy atom. The molecule has 0 amide bonds. The van der Waals surface area contributed by atoms with E-state index in [-0.39, 0.29) is 26.4 Å². The molecule has 0 rings (SSSR count). The van der Waals surface area contributed by atoms with Crippen LogP contribution in [0.4, 0.5) is 0 Å². The molecule has 0 fully saturated rings. The minimum absolute atomic E-state index is 0.107. The summed E-state index contributed by atoms with van der Waals surface area (Å²) >= 11 is 5.34. The van der Waals surface area contributed by atoms with Crippen molar-refractivity contribution in [1.82, 2.24) is 0 Å². The highest BCUT2D eigenvalue weighted by Crippen LogP contribution is 1.97. The SMILES string of the molecule is C=C(C)CCCl.C=C(C)CCOCCO.C=C(C)CCOCCO.C=C(C)CCOCCOCCC(=C)C.C=CC(=O)O.OCCO. The van der Waals surface area contributed by atoms with Crippen LogP contribution in [0.5, 0.6) is 0 Å². The van der Waals surface area contributed by atoms with Crippen molar-refractivity contribution in [2.24, 2.45) is 0 Å². The predicted molar refractivity (Wildman–Crippen MR) is 197 cm³/mol. The molecule has 280 valence electrons. The van der Waals surface area contributed by atoms with Crippen molar-refractivity contribution in [3.8, 4) is 0 Å². The third-order valence-corrected chi connectivity index (χ3v) is 4.52. The van der Waals surface area contributed by atoms with E-state index in [1.54, 1.807) is 0 Å². The second-order valence-corrected chi connectivity index (χ2v) is 10.5. The molecule has 0 radical (unpaired) electrons. The lowest BCUT2D eigenvalue weighted by molar-refractivity contribution is -0.131. The fourth-order valence-corrected chi connectivity index (χ4v) is 2.12. The van der Waals surface area contributed by atoms with Gasteiger partial charge in [0.25, 0.3) is 0 Å². The molecule has 5 N–H and O–H groups in total. The molecule has 0 aromatic heterocycles. The number of carboxylic acid groups (broad SMARTS) is 1. The van der Waals surface area contributed by atoms with Crippen LogP contribution in [0.1, 0.15) is 66.7 Å². The maximum Gasteiger partial charge on any atom is 0.327 e. The van der Waals surface area contributed by atoms with Gasteiger partial charge in [-0.3, -0.25) is 0 Å². The standard InChI is InChI=1S/C12H22O2.2C7H14O2.C5H9Cl.C3H4O2.C2H6O2/c1-11(2)5-7-13-9-10-14-8-6-12(3)4;2*1-7(2)3-5-9-6-4-8;1-5(2)3-4-6;1-2-3(4)5;3-1-2-4/h1,3,5-10H2,2,4H3;2*8H,1,3-6H2,2H3;1,3-4H2,2H3;2H,1H2,(H,4,5);3-4H,1-2H2. The topological polar surface area (TPSA) is 155 Å². The summed E-state index contributed by atoms with van der Waals surface area (Å²) in [6.07, 6.45) is 5.43. The Balaban J connectivity index is -0.000000113. The quantitative estimate of drug-likeness (QED) is 0.0356. The first-order valence-corrected chi connectivity index (χ1v) is 16.0. The van der Waals surface area contributed by atoms with Gasteiger partial charge in [0.15, 0.2) is 0 Å². The smallest absolute Gasteiger partial charge is 0.327 e. The van der Waals surface area contributed by atoms with Crippen LogP contribution >= 0.6 is 11.6 Å². The van der Waals surface area contributed by atoms with Gasteiger partial charge < -0.3 is 44.5 Å². The molecule has 11 heteroatoms. The van der Waals surface area contributed by atoms with Crippen LogP contribution in [0, 0.1) is 0 Å². The van der Waals surface area contributed by atoms with Gasteiger partial charge in [-0.15, -0.1) is 44.5 Å². The number of aliphatic hydroxyl groups is 4. The lowest BCUT2D eigenvalue weighted by Gasteiger charge is -2.05. The van der Waals surface area contributed by atoms with E-state index in [0.717, 1.165) is 79.3 Å². The second kappa shape index (κ2) is 53.4. The molecule has 0 bridgehead atoms. The minimum atomic E-state index is -0.981. The largest absolute Gasteiger partial charge is 0.478 e. The Labute approximate surface area is 291 Å². The van der Waals surface area contributed by atoms with Crippen molar-refractivity contribution in [3.63, 3.8) is 0 Å². The van der Waals surface area contributed by atoms with Gasteiger partial charge in [-0.25, -0.2) is 4.79 Å². The summed E-state index contributed by atoms with van der Waals surface area (Å²) in [5, 5.41) is 39.4. The van der Waals surface area contributed by atoms with Gasteiger partial charge in [0.2, 0.25) is 0 Å². The average Bonchev–Trinajstić information content (AvgIpc) is 2.99. The molecule has 0 heterocycles. The van der Waals surface area contributed by atoms with Gasteiger partial charge in [0, 0.05) is 12.0 Å². The Hall–Kier alpha value is -2.12. The van der Waals surface area contributed by atoms with Crippen LogP contribution in [0.3, 0.4) is 0 Å². The zero-order chi connectivity index (χ0) is 37.7. The van der Waals surface area contributed by atoms with Crippen LogP contribution in [0.2, 0.25) is 0 Å². The lowest BCUT2D eigenvalue weighted by Crippen LogP contribution is -2.06. The van der Waals surface area contributed by atoms with E-state index < -0.39 is 5.97 Å². The summed E-state index contributed by atoms with van der Waals surface area (Å²) in [7, 11) is 0. The molecule has 0 aliphatic heterocycles. The highest BCUT2D eigenvalue weighted by molar-refractivity contribution is 6.17. The molecule has 0 aliphatic carbocycles. The number of hydrogen-bond donors (Lipinski definition) is 5. The third kappa shape index (κ3) is 107. The lowest BCUT2D eigenvalue weighted by atomic mass is 10.3. The molecule has 0 saturated heterocycles. The van der Waals surface area contributed by atoms with Gasteiger partial charge in [-0.1, -0.05) is 34.4 Å². The van der Waals surface area contributed by atoms with E-state index in [1.807, 2.05) is 34.6 Å². The van der Waals surface area contributed by atoms with Crippen LogP contribution in [-0.2, 0) is 23.7 Å². The fraction of sp³-hybridized carbons (Fsp3) is 0.639. The normalized spacial score (nSPS) is 9.06. The van der Waals surface area contributed by atoms with E-state index in [4.69, 9.17) is 56.1 Å². The van der Waals surface area contributed by atoms with Crippen molar-refractivity contribution in [2.75, 3.05) is 85.2 Å². The van der Waals surface area contributed by atoms with Crippen LogP contribution < -0.4 is 0 Å². The Bertz CT molecular complexity index is 695. The summed E-state index contributed by atoms with van der Waals surface area (Å²) in [6, 6.07) is 0. The summed E-state index contributed by atoms with van der Waals surface area (Å²) in [4.78, 5) is 9.25. The zero-order valence-corrected chi connectivity index (χ0v) is 31.0. The second-order valence-electron chi connectivity index (χ2n) is 10.1. The number of aliphatic hydroxyl groups excluding tert-OH is 4. The number of carbonyl (C=O) groups is 1. The minimum Gasteiger partial charge on any atom is -0.478 e. The first-order valence-electron chi connectivity index (χ1n) is 15.5. The number of carboxylic acids is 1. The number of alkyl halides is 1. The highest BCUT2D eigenvalue weighted by atomic mass is 35.5. The van der Waals surface area contributed by atoms with E-state index in [9.17, 15) is 4.79 Å². The fourth-order valence-electron chi connectivity index (χ4n) is 1.80. The van der Waals surface area contributed by atoms with E-state index >= 15 is 0 Å². The average molecular weight is 697 g/mol. The van der Waals surface area contributed by atoms with Crippen LogP contribution in [0.15, 0.2) is 73.4 Å². The van der Waals surface area contributed by atoms with Gasteiger partial charge >= 0.3 is 5.97 Å². The van der Waals surface area contributed by atoms with Gasteiger partial charge in [0.05, 0.1) is 79.3 Å². The number of aliphatic carboxylic acids is 1. The van der Waals surface area contributed by atoms with Crippen molar-refractivity contribution in [2.45, 2.75) is 66.7 Å². The molecule has 0 atom stereocenters. The monoisotopic (exact) mass is 696 g/mol. The Morgan fingerprint density at radius 3 is 0.872 bits per heavy atom. The molecule has 0 unspecified atom stereocenters. The number of ether oxygens (including phenoxy) is 4. The molecular formula is C36H69ClO10. The maximum atomic E-state index is 9.25. The van der Waals surface area contributed by atoms with Crippen molar-refractivity contribution >= 4 is 17.6 Å². The molecule has 0 aliphatic rings. The molecule has 0 saturated carbocycles. The number of rotatable bonds is 23. The van der Waals surface area contributed by atoms with Crippen molar-refractivity contribution in [1.29, 1.82) is 0 Å². The Morgan fingerprint density at radius 2 is 0.745 bits per heavy atom. The first-order chi connectivity index (χ1) is 22.1. The number of hydrogen-bond acceptors (Lipinski definition) is 9. The summed E-state index contributed by atoms with van der Waals surface area (Å²) in [6.45, 7) is 36.6. The summed E-state index contributed by atoms with van der Waals surface area (Å²) < 4.78 is 20.7.